The zero-order valence-electron chi connectivity index (χ0n) is 6.26. The summed E-state index contributed by atoms with van der Waals surface area (Å²) in [5.74, 6) is 0.445. The molecule has 1 atom stereocenters. The van der Waals surface area contributed by atoms with E-state index in [-0.39, 0.29) is 5.91 Å². The summed E-state index contributed by atoms with van der Waals surface area (Å²) >= 11 is 1.47. The molecule has 0 radical (unpaired) electrons. The Labute approximate surface area is 65.2 Å². The van der Waals surface area contributed by atoms with Gasteiger partial charge in [-0.1, -0.05) is 0 Å². The van der Waals surface area contributed by atoms with Gasteiger partial charge in [0.15, 0.2) is 0 Å². The fourth-order valence-corrected chi connectivity index (χ4v) is 0.808. The number of carbonyl (C=O) groups is 1. The molecule has 0 aliphatic carbocycles. The summed E-state index contributed by atoms with van der Waals surface area (Å²) in [6.07, 6.45) is 1.41. The van der Waals surface area contributed by atoms with Crippen molar-refractivity contribution in [3.05, 3.63) is 0 Å². The Balaban J connectivity index is 3.22. The lowest BCUT2D eigenvalue weighted by molar-refractivity contribution is -0.118. The van der Waals surface area contributed by atoms with Gasteiger partial charge in [-0.05, 0) is 13.2 Å². The molecular weight excluding hydrogens is 150 g/mol. The van der Waals surface area contributed by atoms with Crippen molar-refractivity contribution in [3.63, 3.8) is 0 Å². The molecule has 1 unspecified atom stereocenters. The van der Waals surface area contributed by atoms with Crippen molar-refractivity contribution < 1.29 is 9.90 Å². The lowest BCUT2D eigenvalue weighted by atomic mass is 10.4. The second kappa shape index (κ2) is 5.56. The van der Waals surface area contributed by atoms with Crippen LogP contribution in [-0.2, 0) is 4.79 Å². The van der Waals surface area contributed by atoms with E-state index in [0.717, 1.165) is 0 Å². The molecule has 0 aromatic heterocycles. The van der Waals surface area contributed by atoms with E-state index in [1.807, 2.05) is 6.26 Å². The smallest absolute Gasteiger partial charge is 0.230 e. The molecule has 0 aliphatic heterocycles. The number of aliphatic hydroxyl groups is 1. The van der Waals surface area contributed by atoms with Gasteiger partial charge in [0.2, 0.25) is 5.91 Å². The van der Waals surface area contributed by atoms with Crippen LogP contribution in [0.25, 0.3) is 0 Å². The first-order chi connectivity index (χ1) is 4.66. The van der Waals surface area contributed by atoms with E-state index in [1.165, 1.54) is 11.8 Å². The van der Waals surface area contributed by atoms with Crippen LogP contribution >= 0.6 is 11.8 Å². The first kappa shape index (κ1) is 9.78. The molecule has 0 aromatic carbocycles. The minimum Gasteiger partial charge on any atom is -0.392 e. The summed E-state index contributed by atoms with van der Waals surface area (Å²) in [4.78, 5) is 10.7. The molecule has 10 heavy (non-hydrogen) atoms. The predicted octanol–water partition coefficient (Wildman–Crippen LogP) is -0.154. The number of rotatable bonds is 4. The van der Waals surface area contributed by atoms with Gasteiger partial charge in [0.1, 0.15) is 0 Å². The van der Waals surface area contributed by atoms with Gasteiger partial charge in [0.05, 0.1) is 11.9 Å². The molecule has 0 heterocycles. The molecule has 1 amide bonds. The average molecular weight is 163 g/mol. The molecule has 0 fully saturated rings. The number of hydrogen-bond acceptors (Lipinski definition) is 3. The first-order valence-electron chi connectivity index (χ1n) is 3.10. The second-order valence-corrected chi connectivity index (χ2v) is 2.95. The van der Waals surface area contributed by atoms with E-state index in [0.29, 0.717) is 12.3 Å². The Morgan fingerprint density at radius 1 is 1.80 bits per heavy atom. The lowest BCUT2D eigenvalue weighted by Gasteiger charge is -2.04. The van der Waals surface area contributed by atoms with E-state index in [9.17, 15) is 4.79 Å². The highest BCUT2D eigenvalue weighted by Crippen LogP contribution is 1.88. The van der Waals surface area contributed by atoms with E-state index in [4.69, 9.17) is 5.11 Å². The van der Waals surface area contributed by atoms with Crippen molar-refractivity contribution in [2.75, 3.05) is 18.6 Å². The summed E-state index contributed by atoms with van der Waals surface area (Å²) < 4.78 is 0. The molecule has 0 aromatic rings. The number of thioether (sulfide) groups is 1. The Morgan fingerprint density at radius 2 is 2.40 bits per heavy atom. The van der Waals surface area contributed by atoms with E-state index < -0.39 is 6.10 Å². The van der Waals surface area contributed by atoms with Gasteiger partial charge in [0.25, 0.3) is 0 Å². The van der Waals surface area contributed by atoms with Crippen LogP contribution in [-0.4, -0.2) is 35.7 Å². The number of hydrogen-bond donors (Lipinski definition) is 2. The number of amides is 1. The summed E-state index contributed by atoms with van der Waals surface area (Å²) in [6.45, 7) is 1.98. The van der Waals surface area contributed by atoms with Gasteiger partial charge < -0.3 is 10.4 Å². The Hall–Kier alpha value is -0.220. The quantitative estimate of drug-likeness (QED) is 0.606. The van der Waals surface area contributed by atoms with Crippen molar-refractivity contribution in [1.82, 2.24) is 5.32 Å². The standard InChI is InChI=1S/C6H13NO2S/c1-5(8)3-7-6(9)4-10-2/h5,8H,3-4H2,1-2H3,(H,7,9). The van der Waals surface area contributed by atoms with Gasteiger partial charge >= 0.3 is 0 Å². The third-order valence-electron chi connectivity index (χ3n) is 0.870. The van der Waals surface area contributed by atoms with Crippen LogP contribution in [0, 0.1) is 0 Å². The topological polar surface area (TPSA) is 49.3 Å². The molecule has 4 heteroatoms. The third kappa shape index (κ3) is 5.91. The minimum atomic E-state index is -0.453. The van der Waals surface area contributed by atoms with E-state index in [2.05, 4.69) is 5.32 Å². The maximum Gasteiger partial charge on any atom is 0.230 e. The highest BCUT2D eigenvalue weighted by molar-refractivity contribution is 7.99. The van der Waals surface area contributed by atoms with Crippen molar-refractivity contribution in [2.45, 2.75) is 13.0 Å². The molecule has 0 spiro atoms. The second-order valence-electron chi connectivity index (χ2n) is 2.09. The van der Waals surface area contributed by atoms with Crippen LogP contribution in [0.2, 0.25) is 0 Å². The van der Waals surface area contributed by atoms with Crippen molar-refractivity contribution in [3.8, 4) is 0 Å². The van der Waals surface area contributed by atoms with Crippen molar-refractivity contribution >= 4 is 17.7 Å². The number of nitrogens with one attached hydrogen (secondary N) is 1. The Kier molecular flexibility index (Phi) is 5.43. The molecule has 0 saturated carbocycles. The van der Waals surface area contributed by atoms with Gasteiger partial charge in [-0.15, -0.1) is 0 Å². The highest BCUT2D eigenvalue weighted by atomic mass is 32.2. The molecule has 0 saturated heterocycles. The molecule has 0 rings (SSSR count). The predicted molar refractivity (Wildman–Crippen MR) is 43.1 cm³/mol. The fourth-order valence-electron chi connectivity index (χ4n) is 0.444. The first-order valence-corrected chi connectivity index (χ1v) is 4.50. The molecule has 3 nitrogen and oxygen atoms in total. The molecule has 0 aliphatic rings. The zero-order valence-corrected chi connectivity index (χ0v) is 7.07. The number of carbonyl (C=O) groups excluding carboxylic acids is 1. The van der Waals surface area contributed by atoms with Crippen LogP contribution in [0.3, 0.4) is 0 Å². The van der Waals surface area contributed by atoms with E-state index >= 15 is 0 Å². The minimum absolute atomic E-state index is 0.0200. The normalized spacial score (nSPS) is 12.7. The van der Waals surface area contributed by atoms with Gasteiger partial charge in [-0.3, -0.25) is 4.79 Å². The van der Waals surface area contributed by atoms with Crippen LogP contribution in [0.1, 0.15) is 6.92 Å². The Bertz CT molecular complexity index is 106. The Morgan fingerprint density at radius 3 is 2.80 bits per heavy atom. The molecule has 60 valence electrons. The SMILES string of the molecule is CSCC(=O)NCC(C)O. The van der Waals surface area contributed by atoms with Crippen LogP contribution in [0.5, 0.6) is 0 Å². The van der Waals surface area contributed by atoms with E-state index in [1.54, 1.807) is 6.92 Å². The average Bonchev–Trinajstić information content (AvgIpc) is 1.85. The van der Waals surface area contributed by atoms with Gasteiger partial charge in [-0.25, -0.2) is 0 Å². The fraction of sp³-hybridized carbons (Fsp3) is 0.833. The largest absolute Gasteiger partial charge is 0.392 e. The monoisotopic (exact) mass is 163 g/mol. The van der Waals surface area contributed by atoms with Crippen LogP contribution in [0.4, 0.5) is 0 Å². The summed E-state index contributed by atoms with van der Waals surface area (Å²) in [5, 5.41) is 11.3. The third-order valence-corrected chi connectivity index (χ3v) is 1.42. The van der Waals surface area contributed by atoms with Crippen molar-refractivity contribution in [1.29, 1.82) is 0 Å². The zero-order chi connectivity index (χ0) is 7.98. The van der Waals surface area contributed by atoms with Gasteiger partial charge in [-0.2, -0.15) is 11.8 Å². The van der Waals surface area contributed by atoms with Gasteiger partial charge in [0, 0.05) is 6.54 Å². The molecule has 0 bridgehead atoms. The summed E-state index contributed by atoms with van der Waals surface area (Å²) in [5.41, 5.74) is 0. The lowest BCUT2D eigenvalue weighted by Crippen LogP contribution is -2.31. The maximum absolute atomic E-state index is 10.7. The summed E-state index contributed by atoms with van der Waals surface area (Å²) in [7, 11) is 0. The van der Waals surface area contributed by atoms with Crippen LogP contribution < -0.4 is 5.32 Å². The molecular formula is C6H13NO2S. The van der Waals surface area contributed by atoms with Crippen LogP contribution in [0.15, 0.2) is 0 Å². The maximum atomic E-state index is 10.7. The molecule has 2 N–H and O–H groups in total. The van der Waals surface area contributed by atoms with Crippen molar-refractivity contribution in [2.24, 2.45) is 0 Å². The number of aliphatic hydroxyl groups excluding tert-OH is 1. The highest BCUT2D eigenvalue weighted by Gasteiger charge is 1.99. The summed E-state index contributed by atoms with van der Waals surface area (Å²) in [6, 6.07) is 0.